The molecule has 0 atom stereocenters. The Balaban J connectivity index is 2.13. The second kappa shape index (κ2) is 5.01. The van der Waals surface area contributed by atoms with Crippen molar-refractivity contribution >= 4 is 22.7 Å². The summed E-state index contributed by atoms with van der Waals surface area (Å²) in [4.78, 5) is 8.27. The van der Waals surface area contributed by atoms with Crippen LogP contribution in [0.25, 0.3) is 10.8 Å². The first-order valence-electron chi connectivity index (χ1n) is 6.13. The Hall–Kier alpha value is -2.88. The second-order valence-electron chi connectivity index (χ2n) is 4.37. The largest absolute Gasteiger partial charge is 0.508 e. The molecule has 2 N–H and O–H groups in total. The van der Waals surface area contributed by atoms with E-state index in [0.29, 0.717) is 11.3 Å². The minimum absolute atomic E-state index is 0.121. The van der Waals surface area contributed by atoms with E-state index in [2.05, 4.69) is 9.98 Å². The second-order valence-corrected chi connectivity index (χ2v) is 4.37. The Morgan fingerprint density at radius 2 is 1.90 bits per heavy atom. The van der Waals surface area contributed by atoms with E-state index in [4.69, 9.17) is 0 Å². The molecular weight excluding hydrogens is 252 g/mol. The molecule has 1 aromatic heterocycles. The van der Waals surface area contributed by atoms with Gasteiger partial charge in [-0.05, 0) is 41.1 Å². The van der Waals surface area contributed by atoms with Gasteiger partial charge in [-0.1, -0.05) is 12.1 Å². The first-order valence-corrected chi connectivity index (χ1v) is 6.13. The van der Waals surface area contributed by atoms with Crippen molar-refractivity contribution in [3.05, 3.63) is 60.4 Å². The van der Waals surface area contributed by atoms with Crippen LogP contribution in [0, 0.1) is 0 Å². The molecule has 1 heterocycles. The number of aromatic hydroxyl groups is 2. The number of pyridine rings is 1. The molecule has 0 aliphatic rings. The number of hydrogen-bond donors (Lipinski definition) is 2. The van der Waals surface area contributed by atoms with Crippen LogP contribution in [0.3, 0.4) is 0 Å². The van der Waals surface area contributed by atoms with Gasteiger partial charge in [0.1, 0.15) is 11.5 Å². The van der Waals surface area contributed by atoms with Crippen molar-refractivity contribution in [2.45, 2.75) is 0 Å². The third-order valence-corrected chi connectivity index (χ3v) is 3.01. The van der Waals surface area contributed by atoms with Crippen LogP contribution >= 0.6 is 0 Å². The van der Waals surface area contributed by atoms with Gasteiger partial charge in [0.2, 0.25) is 0 Å². The predicted octanol–water partition coefficient (Wildman–Crippen LogP) is 3.40. The van der Waals surface area contributed by atoms with Crippen molar-refractivity contribution in [2.75, 3.05) is 0 Å². The van der Waals surface area contributed by atoms with Crippen molar-refractivity contribution in [3.63, 3.8) is 0 Å². The minimum Gasteiger partial charge on any atom is -0.508 e. The average Bonchev–Trinajstić information content (AvgIpc) is 2.47. The van der Waals surface area contributed by atoms with Gasteiger partial charge in [0, 0.05) is 18.0 Å². The monoisotopic (exact) mass is 264 g/mol. The average molecular weight is 264 g/mol. The molecule has 3 aromatic rings. The van der Waals surface area contributed by atoms with E-state index in [1.54, 1.807) is 55.0 Å². The van der Waals surface area contributed by atoms with Gasteiger partial charge in [-0.2, -0.15) is 0 Å². The lowest BCUT2D eigenvalue weighted by atomic mass is 10.0. The maximum Gasteiger partial charge on any atom is 0.124 e. The van der Waals surface area contributed by atoms with Gasteiger partial charge in [0.05, 0.1) is 11.9 Å². The van der Waals surface area contributed by atoms with Gasteiger partial charge < -0.3 is 10.2 Å². The van der Waals surface area contributed by atoms with E-state index in [0.717, 1.165) is 10.8 Å². The lowest BCUT2D eigenvalue weighted by Gasteiger charge is -2.05. The number of fused-ring (bicyclic) bond motifs is 1. The van der Waals surface area contributed by atoms with Crippen LogP contribution in [0.2, 0.25) is 0 Å². The van der Waals surface area contributed by atoms with E-state index in [1.165, 1.54) is 0 Å². The zero-order chi connectivity index (χ0) is 13.9. The zero-order valence-electron chi connectivity index (χ0n) is 10.6. The van der Waals surface area contributed by atoms with Gasteiger partial charge in [-0.3, -0.25) is 9.98 Å². The number of benzene rings is 2. The SMILES string of the molecule is Oc1ccc2ccc(O)c(C=Nc3cccnc3)c2c1. The third-order valence-electron chi connectivity index (χ3n) is 3.01. The minimum atomic E-state index is 0.121. The smallest absolute Gasteiger partial charge is 0.124 e. The standard InChI is InChI=1S/C16H12N2O2/c19-13-5-3-11-4-6-16(20)15(14(11)8-13)10-18-12-2-1-7-17-9-12/h1-10,19-20H. The van der Waals surface area contributed by atoms with Gasteiger partial charge in [-0.25, -0.2) is 0 Å². The van der Waals surface area contributed by atoms with Gasteiger partial charge in [0.25, 0.3) is 0 Å². The number of aliphatic imine (C=N–C) groups is 1. The number of aromatic nitrogens is 1. The van der Waals surface area contributed by atoms with Gasteiger partial charge >= 0.3 is 0 Å². The maximum absolute atomic E-state index is 9.99. The number of phenols is 2. The molecular formula is C16H12N2O2. The van der Waals surface area contributed by atoms with E-state index < -0.39 is 0 Å². The molecule has 0 bridgehead atoms. The molecule has 0 aliphatic heterocycles. The summed E-state index contributed by atoms with van der Waals surface area (Å²) < 4.78 is 0. The van der Waals surface area contributed by atoms with Crippen LogP contribution in [-0.4, -0.2) is 21.4 Å². The molecule has 0 amide bonds. The molecule has 0 saturated carbocycles. The molecule has 20 heavy (non-hydrogen) atoms. The fraction of sp³-hybridized carbons (Fsp3) is 0. The molecule has 0 fully saturated rings. The van der Waals surface area contributed by atoms with Gasteiger partial charge in [-0.15, -0.1) is 0 Å². The van der Waals surface area contributed by atoms with E-state index in [9.17, 15) is 10.2 Å². The molecule has 0 unspecified atom stereocenters. The summed E-state index contributed by atoms with van der Waals surface area (Å²) in [5.41, 5.74) is 1.27. The Kier molecular flexibility index (Phi) is 3.05. The molecule has 4 heteroatoms. The molecule has 4 nitrogen and oxygen atoms in total. The lowest BCUT2D eigenvalue weighted by molar-refractivity contribution is 0.474. The van der Waals surface area contributed by atoms with Crippen LogP contribution in [0.1, 0.15) is 5.56 Å². The van der Waals surface area contributed by atoms with Crippen LogP contribution in [-0.2, 0) is 0 Å². The van der Waals surface area contributed by atoms with Crippen molar-refractivity contribution in [1.29, 1.82) is 0 Å². The Bertz CT molecular complexity index is 778. The molecule has 0 spiro atoms. The molecule has 0 radical (unpaired) electrons. The van der Waals surface area contributed by atoms with Crippen LogP contribution < -0.4 is 0 Å². The van der Waals surface area contributed by atoms with Crippen molar-refractivity contribution in [2.24, 2.45) is 4.99 Å². The number of phenolic OH excluding ortho intramolecular Hbond substituents is 2. The fourth-order valence-electron chi connectivity index (χ4n) is 2.02. The normalized spacial score (nSPS) is 11.2. The summed E-state index contributed by atoms with van der Waals surface area (Å²) in [5.74, 6) is 0.273. The van der Waals surface area contributed by atoms with Crippen molar-refractivity contribution in [3.8, 4) is 11.5 Å². The van der Waals surface area contributed by atoms with Crippen LogP contribution in [0.5, 0.6) is 11.5 Å². The summed E-state index contributed by atoms with van der Waals surface area (Å²) in [6.45, 7) is 0. The van der Waals surface area contributed by atoms with E-state index >= 15 is 0 Å². The summed E-state index contributed by atoms with van der Waals surface area (Å²) in [6, 6.07) is 12.0. The first kappa shape index (κ1) is 12.2. The van der Waals surface area contributed by atoms with Gasteiger partial charge in [0.15, 0.2) is 0 Å². The fourth-order valence-corrected chi connectivity index (χ4v) is 2.02. The lowest BCUT2D eigenvalue weighted by Crippen LogP contribution is -1.86. The molecule has 3 rings (SSSR count). The highest BCUT2D eigenvalue weighted by Gasteiger charge is 2.05. The van der Waals surface area contributed by atoms with Crippen molar-refractivity contribution in [1.82, 2.24) is 4.98 Å². The maximum atomic E-state index is 9.99. The van der Waals surface area contributed by atoms with Crippen LogP contribution in [0.4, 0.5) is 5.69 Å². The number of nitrogens with zero attached hydrogens (tertiary/aromatic N) is 2. The highest BCUT2D eigenvalue weighted by atomic mass is 16.3. The topological polar surface area (TPSA) is 65.7 Å². The van der Waals surface area contributed by atoms with Crippen molar-refractivity contribution < 1.29 is 10.2 Å². The summed E-state index contributed by atoms with van der Waals surface area (Å²) in [6.07, 6.45) is 4.89. The van der Waals surface area contributed by atoms with E-state index in [1.807, 2.05) is 6.07 Å². The third kappa shape index (κ3) is 2.31. The van der Waals surface area contributed by atoms with E-state index in [-0.39, 0.29) is 11.5 Å². The molecule has 0 aliphatic carbocycles. The predicted molar refractivity (Wildman–Crippen MR) is 78.8 cm³/mol. The molecule has 98 valence electrons. The number of rotatable bonds is 2. The Labute approximate surface area is 115 Å². The quantitative estimate of drug-likeness (QED) is 0.697. The number of hydrogen-bond acceptors (Lipinski definition) is 4. The Morgan fingerprint density at radius 3 is 2.70 bits per heavy atom. The van der Waals surface area contributed by atoms with Crippen LogP contribution in [0.15, 0.2) is 59.9 Å². The first-order chi connectivity index (χ1) is 9.74. The zero-order valence-corrected chi connectivity index (χ0v) is 10.6. The summed E-state index contributed by atoms with van der Waals surface area (Å²) >= 11 is 0. The highest BCUT2D eigenvalue weighted by Crippen LogP contribution is 2.28. The summed E-state index contributed by atoms with van der Waals surface area (Å²) in [7, 11) is 0. The highest BCUT2D eigenvalue weighted by molar-refractivity contribution is 6.03. The molecule has 2 aromatic carbocycles. The Morgan fingerprint density at radius 1 is 1.05 bits per heavy atom. The molecule has 0 saturated heterocycles. The summed E-state index contributed by atoms with van der Waals surface area (Å²) in [5, 5.41) is 21.3.